The quantitative estimate of drug-likeness (QED) is 0.639. The van der Waals surface area contributed by atoms with Crippen LogP contribution in [0.4, 0.5) is 5.69 Å². The number of anilines is 1. The molecule has 19 heavy (non-hydrogen) atoms. The first-order chi connectivity index (χ1) is 8.96. The maximum atomic E-state index is 12.6. The summed E-state index contributed by atoms with van der Waals surface area (Å²) in [7, 11) is -3.53. The van der Waals surface area contributed by atoms with Crippen LogP contribution >= 0.6 is 0 Å². The number of piperidine rings is 1. The van der Waals surface area contributed by atoms with Gasteiger partial charge in [0.1, 0.15) is 4.90 Å². The van der Waals surface area contributed by atoms with Crippen molar-refractivity contribution in [2.75, 3.05) is 18.5 Å². The van der Waals surface area contributed by atoms with Gasteiger partial charge in [-0.25, -0.2) is 8.42 Å². The second kappa shape index (κ2) is 5.44. The molecular formula is C12H20N4O2S. The monoisotopic (exact) mass is 284 g/mol. The number of nitrogens with two attached hydrogens (primary N) is 1. The van der Waals surface area contributed by atoms with Gasteiger partial charge in [0.15, 0.2) is 0 Å². The fraction of sp³-hybridized carbons (Fsp3) is 0.583. The predicted molar refractivity (Wildman–Crippen MR) is 73.8 cm³/mol. The lowest BCUT2D eigenvalue weighted by Crippen LogP contribution is -2.42. The molecule has 1 saturated heterocycles. The number of nitrogens with one attached hydrogen (secondary N) is 1. The van der Waals surface area contributed by atoms with E-state index >= 15 is 0 Å². The largest absolute Gasteiger partial charge is 0.323 e. The highest BCUT2D eigenvalue weighted by atomic mass is 32.2. The van der Waals surface area contributed by atoms with E-state index in [9.17, 15) is 8.42 Å². The van der Waals surface area contributed by atoms with Gasteiger partial charge in [-0.05, 0) is 24.3 Å². The molecule has 1 fully saturated rings. The molecule has 3 N–H and O–H groups in total. The zero-order valence-electron chi connectivity index (χ0n) is 11.2. The smallest absolute Gasteiger partial charge is 0.246 e. The van der Waals surface area contributed by atoms with E-state index in [0.717, 1.165) is 6.42 Å². The minimum Gasteiger partial charge on any atom is -0.323 e. The van der Waals surface area contributed by atoms with Crippen LogP contribution in [0.2, 0.25) is 0 Å². The lowest BCUT2D eigenvalue weighted by molar-refractivity contribution is 0.212. The van der Waals surface area contributed by atoms with Crippen LogP contribution < -0.4 is 11.3 Å². The second-order valence-corrected chi connectivity index (χ2v) is 7.03. The number of aromatic nitrogens is 1. The molecule has 1 aliphatic rings. The number of hydrazine groups is 1. The van der Waals surface area contributed by atoms with Crippen LogP contribution in [0.15, 0.2) is 23.4 Å². The third-order valence-electron chi connectivity index (χ3n) is 3.85. The molecule has 0 bridgehead atoms. The summed E-state index contributed by atoms with van der Waals surface area (Å²) in [6, 6.07) is 1.56. The van der Waals surface area contributed by atoms with Crippen LogP contribution in [0.5, 0.6) is 0 Å². The van der Waals surface area contributed by atoms with Crippen LogP contribution in [0.25, 0.3) is 0 Å². The number of hydrogen-bond donors (Lipinski definition) is 2. The Hall–Kier alpha value is -1.18. The Labute approximate surface area is 114 Å². The molecule has 0 aromatic carbocycles. The van der Waals surface area contributed by atoms with Crippen molar-refractivity contribution in [1.29, 1.82) is 0 Å². The molecule has 1 aromatic heterocycles. The average molecular weight is 284 g/mol. The maximum absolute atomic E-state index is 12.6. The molecule has 0 saturated carbocycles. The van der Waals surface area contributed by atoms with Crippen molar-refractivity contribution in [3.63, 3.8) is 0 Å². The van der Waals surface area contributed by atoms with Gasteiger partial charge >= 0.3 is 0 Å². The second-order valence-electron chi connectivity index (χ2n) is 5.12. The van der Waals surface area contributed by atoms with Crippen molar-refractivity contribution < 1.29 is 8.42 Å². The molecule has 106 valence electrons. The molecular weight excluding hydrogens is 264 g/mol. The number of hydrogen-bond acceptors (Lipinski definition) is 5. The van der Waals surface area contributed by atoms with Crippen LogP contribution in [-0.2, 0) is 10.0 Å². The van der Waals surface area contributed by atoms with E-state index in [1.54, 1.807) is 6.07 Å². The van der Waals surface area contributed by atoms with Gasteiger partial charge < -0.3 is 5.43 Å². The molecule has 1 aliphatic heterocycles. The molecule has 2 unspecified atom stereocenters. The van der Waals surface area contributed by atoms with E-state index in [2.05, 4.69) is 24.3 Å². The lowest BCUT2D eigenvalue weighted by atomic mass is 9.90. The number of pyridine rings is 1. The first-order valence-electron chi connectivity index (χ1n) is 6.37. The summed E-state index contributed by atoms with van der Waals surface area (Å²) in [5.41, 5.74) is 2.79. The van der Waals surface area contributed by atoms with Crippen molar-refractivity contribution in [3.05, 3.63) is 18.5 Å². The van der Waals surface area contributed by atoms with Gasteiger partial charge in [0.25, 0.3) is 0 Å². The number of nitrogen functional groups attached to an aromatic ring is 1. The Kier molecular flexibility index (Phi) is 4.07. The predicted octanol–water partition coefficient (Wildman–Crippen LogP) is 1.03. The summed E-state index contributed by atoms with van der Waals surface area (Å²) in [5.74, 6) is 6.27. The van der Waals surface area contributed by atoms with E-state index < -0.39 is 10.0 Å². The summed E-state index contributed by atoms with van der Waals surface area (Å²) in [6.45, 7) is 5.33. The van der Waals surface area contributed by atoms with Crippen molar-refractivity contribution in [1.82, 2.24) is 9.29 Å². The van der Waals surface area contributed by atoms with Crippen molar-refractivity contribution in [3.8, 4) is 0 Å². The minimum absolute atomic E-state index is 0.138. The Morgan fingerprint density at radius 1 is 1.42 bits per heavy atom. The molecule has 1 aromatic rings. The minimum atomic E-state index is -3.53. The Balaban J connectivity index is 2.32. The summed E-state index contributed by atoms with van der Waals surface area (Å²) < 4.78 is 26.7. The standard InChI is InChI=1S/C12H20N4O2S/c1-9-4-6-16(8-10(9)2)19(17,18)12-7-14-5-3-11(12)15-13/h3,5,7,9-10H,4,6,8,13H2,1-2H3,(H,14,15). The lowest BCUT2D eigenvalue weighted by Gasteiger charge is -2.34. The highest BCUT2D eigenvalue weighted by molar-refractivity contribution is 7.89. The molecule has 0 radical (unpaired) electrons. The fourth-order valence-electron chi connectivity index (χ4n) is 2.29. The van der Waals surface area contributed by atoms with E-state index in [1.807, 2.05) is 0 Å². The van der Waals surface area contributed by atoms with Gasteiger partial charge in [-0.3, -0.25) is 10.8 Å². The first kappa shape index (κ1) is 14.2. The SMILES string of the molecule is CC1CCN(S(=O)(=O)c2cnccc2NN)CC1C. The Morgan fingerprint density at radius 3 is 2.79 bits per heavy atom. The van der Waals surface area contributed by atoms with Gasteiger partial charge in [-0.1, -0.05) is 13.8 Å². The van der Waals surface area contributed by atoms with Crippen molar-refractivity contribution >= 4 is 15.7 Å². The fourth-order valence-corrected chi connectivity index (χ4v) is 3.94. The topological polar surface area (TPSA) is 88.3 Å². The molecule has 7 heteroatoms. The zero-order chi connectivity index (χ0) is 14.0. The normalized spacial score (nSPS) is 25.2. The van der Waals surface area contributed by atoms with Gasteiger partial charge in [0.2, 0.25) is 10.0 Å². The molecule has 6 nitrogen and oxygen atoms in total. The van der Waals surface area contributed by atoms with E-state index in [4.69, 9.17) is 5.84 Å². The van der Waals surface area contributed by atoms with E-state index in [-0.39, 0.29) is 4.90 Å². The Morgan fingerprint density at radius 2 is 2.16 bits per heavy atom. The Bertz CT molecular complexity index is 546. The van der Waals surface area contributed by atoms with E-state index in [1.165, 1.54) is 16.7 Å². The van der Waals surface area contributed by atoms with Crippen molar-refractivity contribution in [2.24, 2.45) is 17.7 Å². The average Bonchev–Trinajstić information content (AvgIpc) is 2.41. The van der Waals surface area contributed by atoms with Crippen LogP contribution in [-0.4, -0.2) is 30.8 Å². The van der Waals surface area contributed by atoms with Crippen LogP contribution in [0.1, 0.15) is 20.3 Å². The van der Waals surface area contributed by atoms with Gasteiger partial charge in [-0.15, -0.1) is 0 Å². The highest BCUT2D eigenvalue weighted by Gasteiger charge is 2.33. The summed E-state index contributed by atoms with van der Waals surface area (Å²) in [6.07, 6.45) is 3.73. The van der Waals surface area contributed by atoms with Gasteiger partial charge in [-0.2, -0.15) is 4.31 Å². The van der Waals surface area contributed by atoms with E-state index in [0.29, 0.717) is 30.6 Å². The zero-order valence-corrected chi connectivity index (χ0v) is 12.0. The van der Waals surface area contributed by atoms with Gasteiger partial charge in [0, 0.05) is 25.5 Å². The summed E-state index contributed by atoms with van der Waals surface area (Å²) >= 11 is 0. The maximum Gasteiger partial charge on any atom is 0.246 e. The van der Waals surface area contributed by atoms with Crippen molar-refractivity contribution in [2.45, 2.75) is 25.2 Å². The number of rotatable bonds is 3. The molecule has 2 rings (SSSR count). The summed E-state index contributed by atoms with van der Waals surface area (Å²) in [5, 5.41) is 0. The number of sulfonamides is 1. The summed E-state index contributed by atoms with van der Waals surface area (Å²) in [4.78, 5) is 4.03. The third-order valence-corrected chi connectivity index (χ3v) is 5.75. The van der Waals surface area contributed by atoms with Gasteiger partial charge in [0.05, 0.1) is 5.69 Å². The highest BCUT2D eigenvalue weighted by Crippen LogP contribution is 2.29. The molecule has 2 atom stereocenters. The molecule has 0 aliphatic carbocycles. The molecule has 0 amide bonds. The third kappa shape index (κ3) is 2.72. The molecule has 0 spiro atoms. The molecule has 2 heterocycles. The van der Waals surface area contributed by atoms with Crippen LogP contribution in [0, 0.1) is 11.8 Å². The van der Waals surface area contributed by atoms with Crippen LogP contribution in [0.3, 0.4) is 0 Å². The number of nitrogens with zero attached hydrogens (tertiary/aromatic N) is 2. The first-order valence-corrected chi connectivity index (χ1v) is 7.81.